The van der Waals surface area contributed by atoms with Crippen molar-refractivity contribution in [3.8, 4) is 0 Å². The molecule has 1 heterocycles. The van der Waals surface area contributed by atoms with Crippen LogP contribution in [0.15, 0.2) is 24.3 Å². The fraction of sp³-hybridized carbons (Fsp3) is 0.708. The van der Waals surface area contributed by atoms with Gasteiger partial charge in [0.1, 0.15) is 0 Å². The summed E-state index contributed by atoms with van der Waals surface area (Å²) >= 11 is 0. The summed E-state index contributed by atoms with van der Waals surface area (Å²) in [5.74, 6) is 1.51. The second-order valence-electron chi connectivity index (χ2n) is 10.4. The van der Waals surface area contributed by atoms with Crippen LogP contribution in [0, 0.1) is 29.6 Å². The predicted octanol–water partition coefficient (Wildman–Crippen LogP) is 4.94. The first-order valence-electron chi connectivity index (χ1n) is 11.4. The molecule has 5 heteroatoms. The molecular weight excluding hydrogens is 368 g/mol. The Labute approximate surface area is 171 Å². The number of carboxylic acid groups (broad SMARTS) is 1. The minimum absolute atomic E-state index is 0.349. The predicted molar refractivity (Wildman–Crippen MR) is 105 cm³/mol. The molecular formula is C24H30O5. The summed E-state index contributed by atoms with van der Waals surface area (Å²) in [5.41, 5.74) is 1.56. The molecule has 0 aromatic heterocycles. The molecule has 2 spiro atoms. The summed E-state index contributed by atoms with van der Waals surface area (Å²) in [5, 5.41) is 9.06. The van der Waals surface area contributed by atoms with Crippen LogP contribution in [-0.4, -0.2) is 22.7 Å². The van der Waals surface area contributed by atoms with Crippen molar-refractivity contribution in [2.45, 2.75) is 75.8 Å². The van der Waals surface area contributed by atoms with Gasteiger partial charge in [-0.1, -0.05) is 12.1 Å². The van der Waals surface area contributed by atoms with Gasteiger partial charge in [-0.2, -0.15) is 9.78 Å². The van der Waals surface area contributed by atoms with Crippen LogP contribution in [0.5, 0.6) is 0 Å². The average Bonchev–Trinajstić information content (AvgIpc) is 3.08. The molecule has 5 aliphatic carbocycles. The van der Waals surface area contributed by atoms with E-state index < -0.39 is 17.5 Å². The van der Waals surface area contributed by atoms with Gasteiger partial charge in [0.2, 0.25) is 11.6 Å². The number of hydrogen-bond acceptors (Lipinski definition) is 4. The van der Waals surface area contributed by atoms with Crippen LogP contribution in [0.2, 0.25) is 0 Å². The topological polar surface area (TPSA) is 65.0 Å². The van der Waals surface area contributed by atoms with Gasteiger partial charge in [-0.15, -0.1) is 0 Å². The van der Waals surface area contributed by atoms with Crippen molar-refractivity contribution in [3.63, 3.8) is 0 Å². The van der Waals surface area contributed by atoms with Crippen molar-refractivity contribution in [1.82, 2.24) is 0 Å². The lowest BCUT2D eigenvalue weighted by Crippen LogP contribution is -2.59. The Morgan fingerprint density at radius 3 is 2.14 bits per heavy atom. The number of hydrogen-bond donors (Lipinski definition) is 1. The molecule has 0 atom stereocenters. The number of ether oxygens (including phenoxy) is 1. The zero-order valence-corrected chi connectivity index (χ0v) is 16.8. The Bertz CT molecular complexity index is 764. The van der Waals surface area contributed by atoms with Crippen molar-refractivity contribution >= 4 is 5.97 Å². The Hall–Kier alpha value is -1.43. The van der Waals surface area contributed by atoms with Gasteiger partial charge in [0.25, 0.3) is 0 Å². The minimum atomic E-state index is -0.870. The summed E-state index contributed by atoms with van der Waals surface area (Å²) in [6.07, 6.45) is 11.3. The molecule has 6 aliphatic rings. The molecule has 1 aliphatic heterocycles. The first kappa shape index (κ1) is 18.3. The summed E-state index contributed by atoms with van der Waals surface area (Å²) in [7, 11) is 0. The van der Waals surface area contributed by atoms with E-state index in [1.165, 1.54) is 37.7 Å². The first-order valence-corrected chi connectivity index (χ1v) is 11.4. The van der Waals surface area contributed by atoms with Crippen molar-refractivity contribution in [1.29, 1.82) is 0 Å². The van der Waals surface area contributed by atoms with E-state index in [0.29, 0.717) is 23.3 Å². The number of carboxylic acids is 1. The highest BCUT2D eigenvalue weighted by atomic mass is 17.3. The third-order valence-electron chi connectivity index (χ3n) is 8.54. The summed E-state index contributed by atoms with van der Waals surface area (Å²) < 4.78 is 6.79. The maximum absolute atomic E-state index is 11.0. The third-order valence-corrected chi connectivity index (χ3v) is 8.54. The molecule has 1 N–H and O–H groups in total. The molecule has 0 unspecified atom stereocenters. The minimum Gasteiger partial charge on any atom is -0.478 e. The van der Waals surface area contributed by atoms with E-state index in [4.69, 9.17) is 19.6 Å². The van der Waals surface area contributed by atoms with E-state index in [1.54, 1.807) is 12.1 Å². The summed E-state index contributed by atoms with van der Waals surface area (Å²) in [6, 6.07) is 7.30. The second-order valence-corrected chi connectivity index (χ2v) is 10.4. The molecule has 0 radical (unpaired) electrons. The summed E-state index contributed by atoms with van der Waals surface area (Å²) in [6.45, 7) is 0. The van der Waals surface area contributed by atoms with Crippen LogP contribution in [0.3, 0.4) is 0 Å². The number of benzene rings is 1. The molecule has 5 saturated carbocycles. The van der Waals surface area contributed by atoms with Gasteiger partial charge < -0.3 is 9.84 Å². The molecule has 4 bridgehead atoms. The quantitative estimate of drug-likeness (QED) is 0.730. The lowest BCUT2D eigenvalue weighted by Gasteiger charge is -2.57. The van der Waals surface area contributed by atoms with Gasteiger partial charge in [-0.05, 0) is 86.8 Å². The van der Waals surface area contributed by atoms with Gasteiger partial charge in [0, 0.05) is 24.7 Å². The van der Waals surface area contributed by atoms with Crippen molar-refractivity contribution in [2.75, 3.05) is 0 Å². The van der Waals surface area contributed by atoms with Gasteiger partial charge in [-0.25, -0.2) is 4.79 Å². The zero-order valence-electron chi connectivity index (χ0n) is 16.8. The van der Waals surface area contributed by atoms with E-state index in [1.807, 2.05) is 12.1 Å². The SMILES string of the molecule is O=C(O)c1ccc(CC2CCC3(CC2)OOC2(O3)C3CC4CC(C3)CC2C4)cc1. The van der Waals surface area contributed by atoms with Gasteiger partial charge in [0.05, 0.1) is 5.56 Å². The normalized spacial score (nSPS) is 45.3. The fourth-order valence-electron chi connectivity index (χ4n) is 7.23. The Kier molecular flexibility index (Phi) is 4.13. The highest BCUT2D eigenvalue weighted by molar-refractivity contribution is 5.87. The van der Waals surface area contributed by atoms with Gasteiger partial charge in [0.15, 0.2) is 0 Å². The number of aromatic carboxylic acids is 1. The summed E-state index contributed by atoms with van der Waals surface area (Å²) in [4.78, 5) is 23.2. The molecule has 0 amide bonds. The average molecular weight is 398 g/mol. The maximum Gasteiger partial charge on any atom is 0.335 e. The number of rotatable bonds is 3. The molecule has 1 saturated heterocycles. The smallest absolute Gasteiger partial charge is 0.335 e. The largest absolute Gasteiger partial charge is 0.478 e. The Balaban J connectivity index is 1.10. The highest BCUT2D eigenvalue weighted by Gasteiger charge is 2.66. The van der Waals surface area contributed by atoms with Crippen LogP contribution in [-0.2, 0) is 20.9 Å². The molecule has 156 valence electrons. The zero-order chi connectivity index (χ0) is 19.6. The molecule has 6 fully saturated rings. The van der Waals surface area contributed by atoms with Gasteiger partial charge in [-0.3, -0.25) is 0 Å². The molecule has 29 heavy (non-hydrogen) atoms. The maximum atomic E-state index is 11.0. The van der Waals surface area contributed by atoms with Gasteiger partial charge >= 0.3 is 5.97 Å². The van der Waals surface area contributed by atoms with Crippen LogP contribution in [0.1, 0.15) is 73.7 Å². The van der Waals surface area contributed by atoms with Crippen LogP contribution in [0.25, 0.3) is 0 Å². The number of carbonyl (C=O) groups is 1. The fourth-order valence-corrected chi connectivity index (χ4v) is 7.23. The Morgan fingerprint density at radius 1 is 0.931 bits per heavy atom. The van der Waals surface area contributed by atoms with Crippen molar-refractivity contribution < 1.29 is 24.4 Å². The highest BCUT2D eigenvalue weighted by Crippen LogP contribution is 2.63. The van der Waals surface area contributed by atoms with E-state index in [0.717, 1.165) is 43.9 Å². The lowest BCUT2D eigenvalue weighted by atomic mass is 9.53. The van der Waals surface area contributed by atoms with Crippen LogP contribution >= 0.6 is 0 Å². The Morgan fingerprint density at radius 2 is 1.55 bits per heavy atom. The standard InChI is InChI=1S/C24H30O5/c25-22(26)19-3-1-15(2-4-19)9-16-5-7-23(8-6-16)27-24(29-28-23)20-11-17-10-18(13-20)14-21(24)12-17/h1-4,16-18,20-21H,5-14H2,(H,25,26). The van der Waals surface area contributed by atoms with E-state index >= 15 is 0 Å². The van der Waals surface area contributed by atoms with E-state index in [2.05, 4.69) is 0 Å². The first-order chi connectivity index (χ1) is 14.0. The van der Waals surface area contributed by atoms with Crippen molar-refractivity contribution in [2.24, 2.45) is 29.6 Å². The molecule has 7 rings (SSSR count). The monoisotopic (exact) mass is 398 g/mol. The molecule has 1 aromatic rings. The molecule has 1 aromatic carbocycles. The van der Waals surface area contributed by atoms with Crippen molar-refractivity contribution in [3.05, 3.63) is 35.4 Å². The second kappa shape index (κ2) is 6.53. The third kappa shape index (κ3) is 2.96. The van der Waals surface area contributed by atoms with Crippen LogP contribution in [0.4, 0.5) is 0 Å². The molecule has 5 nitrogen and oxygen atoms in total. The van der Waals surface area contributed by atoms with Crippen LogP contribution < -0.4 is 0 Å². The lowest BCUT2D eigenvalue weighted by molar-refractivity contribution is -0.390. The van der Waals surface area contributed by atoms with E-state index in [-0.39, 0.29) is 0 Å². The van der Waals surface area contributed by atoms with E-state index in [9.17, 15) is 4.79 Å².